The highest BCUT2D eigenvalue weighted by molar-refractivity contribution is 9.10. The molecule has 7 nitrogen and oxygen atoms in total. The minimum Gasteiger partial charge on any atom is -0.444 e. The maximum atomic E-state index is 11.8. The molecule has 8 heteroatoms. The molecule has 0 aromatic carbocycles. The van der Waals surface area contributed by atoms with Gasteiger partial charge in [-0.1, -0.05) is 6.07 Å². The number of carbonyl (C=O) groups is 2. The summed E-state index contributed by atoms with van der Waals surface area (Å²) in [6.07, 6.45) is -0.408. The Kier molecular flexibility index (Phi) is 6.76. The second-order valence-electron chi connectivity index (χ2n) is 5.63. The molecule has 1 aromatic heterocycles. The zero-order valence-corrected chi connectivity index (χ0v) is 14.7. The molecule has 0 saturated carbocycles. The largest absolute Gasteiger partial charge is 0.444 e. The number of carbonyl (C=O) groups excluding carboxylic acids is 2. The highest BCUT2D eigenvalue weighted by Crippen LogP contribution is 2.08. The summed E-state index contributed by atoms with van der Waals surface area (Å²) in [6, 6.07) is 5.07. The first-order valence-electron chi connectivity index (χ1n) is 6.79. The number of nitrogens with zero attached hydrogens (tertiary/aromatic N) is 2. The molecule has 22 heavy (non-hydrogen) atoms. The summed E-state index contributed by atoms with van der Waals surface area (Å²) >= 11 is 3.20. The van der Waals surface area contributed by atoms with Crippen molar-refractivity contribution in [3.05, 3.63) is 28.5 Å². The summed E-state index contributed by atoms with van der Waals surface area (Å²) in [5.41, 5.74) is 5.03. The lowest BCUT2D eigenvalue weighted by Gasteiger charge is -2.24. The van der Waals surface area contributed by atoms with Gasteiger partial charge in [0.2, 0.25) is 0 Å². The fraction of sp³-hybridized carbons (Fsp3) is 0.500. The number of ether oxygens (including phenoxy) is 1. The predicted molar refractivity (Wildman–Crippen MR) is 86.3 cm³/mol. The van der Waals surface area contributed by atoms with E-state index in [0.29, 0.717) is 23.4 Å². The normalized spacial score (nSPS) is 11.0. The zero-order valence-electron chi connectivity index (χ0n) is 13.1. The number of hydrogen-bond donors (Lipinski definition) is 2. The van der Waals surface area contributed by atoms with Crippen LogP contribution in [0.25, 0.3) is 0 Å². The monoisotopic (exact) mass is 372 g/mol. The molecule has 2 amide bonds. The first-order valence-corrected chi connectivity index (χ1v) is 7.58. The molecule has 0 fully saturated rings. The number of aromatic nitrogens is 1. The third-order valence-electron chi connectivity index (χ3n) is 2.43. The Morgan fingerprint density at radius 1 is 1.36 bits per heavy atom. The summed E-state index contributed by atoms with van der Waals surface area (Å²) in [4.78, 5) is 29.0. The number of hydrazine groups is 1. The van der Waals surface area contributed by atoms with Crippen molar-refractivity contribution in [1.82, 2.24) is 20.7 Å². The van der Waals surface area contributed by atoms with E-state index in [1.165, 1.54) is 4.90 Å². The Hall–Kier alpha value is -1.67. The Morgan fingerprint density at radius 2 is 2.05 bits per heavy atom. The van der Waals surface area contributed by atoms with Gasteiger partial charge in [-0.3, -0.25) is 10.2 Å². The van der Waals surface area contributed by atoms with E-state index >= 15 is 0 Å². The van der Waals surface area contributed by atoms with Gasteiger partial charge in [0.15, 0.2) is 0 Å². The third-order valence-corrected chi connectivity index (χ3v) is 2.87. The Labute approximate surface area is 138 Å². The van der Waals surface area contributed by atoms with Gasteiger partial charge < -0.3 is 9.64 Å². The van der Waals surface area contributed by atoms with E-state index < -0.39 is 11.7 Å². The molecule has 0 saturated heterocycles. The minimum atomic E-state index is -0.528. The highest BCUT2D eigenvalue weighted by Gasteiger charge is 2.19. The number of amides is 2. The second kappa shape index (κ2) is 8.09. The van der Waals surface area contributed by atoms with Crippen LogP contribution in [0.15, 0.2) is 22.8 Å². The van der Waals surface area contributed by atoms with E-state index in [1.807, 2.05) is 20.8 Å². The van der Waals surface area contributed by atoms with Gasteiger partial charge in [0.05, 0.1) is 0 Å². The number of rotatable bonds is 5. The molecule has 0 aliphatic carbocycles. The van der Waals surface area contributed by atoms with Gasteiger partial charge in [0.1, 0.15) is 15.9 Å². The van der Waals surface area contributed by atoms with Crippen LogP contribution in [0.4, 0.5) is 4.79 Å². The van der Waals surface area contributed by atoms with Crippen LogP contribution in [0.1, 0.15) is 31.3 Å². The third kappa shape index (κ3) is 6.86. The van der Waals surface area contributed by atoms with Gasteiger partial charge in [-0.05, 0) is 48.8 Å². The number of pyridine rings is 1. The van der Waals surface area contributed by atoms with Crippen molar-refractivity contribution in [2.75, 3.05) is 20.1 Å². The summed E-state index contributed by atoms with van der Waals surface area (Å²) in [7, 11) is 1.63. The van der Waals surface area contributed by atoms with Crippen LogP contribution in [0.3, 0.4) is 0 Å². The van der Waals surface area contributed by atoms with Crippen LogP contribution in [-0.4, -0.2) is 47.6 Å². The molecular weight excluding hydrogens is 352 g/mol. The molecule has 0 aliphatic heterocycles. The lowest BCUT2D eigenvalue weighted by molar-refractivity contribution is 0.0299. The lowest BCUT2D eigenvalue weighted by atomic mass is 10.2. The van der Waals surface area contributed by atoms with Crippen molar-refractivity contribution >= 4 is 27.9 Å². The highest BCUT2D eigenvalue weighted by atomic mass is 79.9. The summed E-state index contributed by atoms with van der Waals surface area (Å²) in [6.45, 7) is 6.20. The standard InChI is InChI=1S/C14H21BrN4O3/c1-14(2,3)22-13(21)19(4)9-8-16-18-12(20)10-6-5-7-11(15)17-10/h5-7,16H,8-9H2,1-4H3,(H,18,20). The van der Waals surface area contributed by atoms with E-state index in [-0.39, 0.29) is 5.91 Å². The van der Waals surface area contributed by atoms with Gasteiger partial charge in [-0.2, -0.15) is 0 Å². The van der Waals surface area contributed by atoms with Crippen molar-refractivity contribution in [2.24, 2.45) is 0 Å². The summed E-state index contributed by atoms with van der Waals surface area (Å²) < 4.78 is 5.80. The molecule has 0 bridgehead atoms. The van der Waals surface area contributed by atoms with Crippen LogP contribution in [0, 0.1) is 0 Å². The van der Waals surface area contributed by atoms with E-state index in [9.17, 15) is 9.59 Å². The first kappa shape index (κ1) is 18.4. The number of likely N-dealkylation sites (N-methyl/N-ethyl adjacent to an activating group) is 1. The Balaban J connectivity index is 2.30. The van der Waals surface area contributed by atoms with Crippen molar-refractivity contribution < 1.29 is 14.3 Å². The van der Waals surface area contributed by atoms with Crippen molar-refractivity contribution in [1.29, 1.82) is 0 Å². The van der Waals surface area contributed by atoms with Crippen molar-refractivity contribution in [3.8, 4) is 0 Å². The molecule has 0 aliphatic rings. The fourth-order valence-electron chi connectivity index (χ4n) is 1.40. The number of halogens is 1. The smallest absolute Gasteiger partial charge is 0.410 e. The quantitative estimate of drug-likeness (QED) is 0.468. The Bertz CT molecular complexity index is 531. The molecule has 0 radical (unpaired) electrons. The molecule has 1 heterocycles. The molecule has 1 rings (SSSR count). The maximum absolute atomic E-state index is 11.8. The molecule has 1 aromatic rings. The van der Waals surface area contributed by atoms with Gasteiger partial charge in [0, 0.05) is 20.1 Å². The molecule has 0 unspecified atom stereocenters. The Morgan fingerprint density at radius 3 is 2.64 bits per heavy atom. The van der Waals surface area contributed by atoms with Crippen LogP contribution >= 0.6 is 15.9 Å². The zero-order chi connectivity index (χ0) is 16.8. The minimum absolute atomic E-state index is 0.294. The van der Waals surface area contributed by atoms with Gasteiger partial charge in [-0.25, -0.2) is 15.2 Å². The molecular formula is C14H21BrN4O3. The molecule has 0 atom stereocenters. The van der Waals surface area contributed by atoms with Crippen LogP contribution in [0.2, 0.25) is 0 Å². The number of nitrogens with one attached hydrogen (secondary N) is 2. The van der Waals surface area contributed by atoms with Crippen LogP contribution < -0.4 is 10.9 Å². The van der Waals surface area contributed by atoms with Gasteiger partial charge >= 0.3 is 6.09 Å². The molecule has 0 spiro atoms. The first-order chi connectivity index (χ1) is 10.2. The molecule has 122 valence electrons. The van der Waals surface area contributed by atoms with Crippen LogP contribution in [-0.2, 0) is 4.74 Å². The van der Waals surface area contributed by atoms with E-state index in [1.54, 1.807) is 25.2 Å². The van der Waals surface area contributed by atoms with Crippen molar-refractivity contribution in [3.63, 3.8) is 0 Å². The topological polar surface area (TPSA) is 83.6 Å². The second-order valence-corrected chi connectivity index (χ2v) is 6.44. The van der Waals surface area contributed by atoms with E-state index in [4.69, 9.17) is 4.74 Å². The summed E-state index contributed by atoms with van der Waals surface area (Å²) in [5.74, 6) is -0.346. The fourth-order valence-corrected chi connectivity index (χ4v) is 1.74. The predicted octanol–water partition coefficient (Wildman–Crippen LogP) is 1.95. The van der Waals surface area contributed by atoms with Crippen LogP contribution in [0.5, 0.6) is 0 Å². The summed E-state index contributed by atoms with van der Waals surface area (Å²) in [5, 5.41) is 0. The SMILES string of the molecule is CN(CCNNC(=O)c1cccc(Br)n1)C(=O)OC(C)(C)C. The average Bonchev–Trinajstić information content (AvgIpc) is 2.41. The van der Waals surface area contributed by atoms with Crippen molar-refractivity contribution in [2.45, 2.75) is 26.4 Å². The van der Waals surface area contributed by atoms with E-state index in [0.717, 1.165) is 0 Å². The maximum Gasteiger partial charge on any atom is 0.410 e. The van der Waals surface area contributed by atoms with Gasteiger partial charge in [0.25, 0.3) is 5.91 Å². The lowest BCUT2D eigenvalue weighted by Crippen LogP contribution is -2.43. The van der Waals surface area contributed by atoms with E-state index in [2.05, 4.69) is 31.8 Å². The average molecular weight is 373 g/mol. The molecule has 2 N–H and O–H groups in total. The van der Waals surface area contributed by atoms with Gasteiger partial charge in [-0.15, -0.1) is 0 Å². The number of hydrogen-bond acceptors (Lipinski definition) is 5.